The van der Waals surface area contributed by atoms with E-state index in [1.807, 2.05) is 0 Å². The Bertz CT molecular complexity index is 446. The highest BCUT2D eigenvalue weighted by Gasteiger charge is 2.11. The maximum Gasteiger partial charge on any atom is 0.327 e. The summed E-state index contributed by atoms with van der Waals surface area (Å²) in [6.07, 6.45) is 1.35. The average molecular weight is 447 g/mol. The molecule has 0 aliphatic heterocycles. The van der Waals surface area contributed by atoms with Gasteiger partial charge in [0.25, 0.3) is 0 Å². The summed E-state index contributed by atoms with van der Waals surface area (Å²) in [5, 5.41) is 25.8. The molecular weight excluding hydrogens is 436 g/mol. The molecule has 0 heterocycles. The second-order valence-corrected chi connectivity index (χ2v) is 5.39. The first kappa shape index (κ1) is 17.6. The Kier molecular flexibility index (Phi) is 8.51. The van der Waals surface area contributed by atoms with Gasteiger partial charge in [-0.1, -0.05) is 6.58 Å². The third-order valence-electron chi connectivity index (χ3n) is 1.76. The Morgan fingerprint density at radius 1 is 1.28 bits per heavy atom. The molecule has 0 fully saturated rings. The van der Waals surface area contributed by atoms with Crippen molar-refractivity contribution in [3.8, 4) is 5.75 Å². The minimum absolute atomic E-state index is 0.0616. The molecular formula is C11H11Br3O4. The van der Waals surface area contributed by atoms with Crippen LogP contribution in [0.5, 0.6) is 5.75 Å². The summed E-state index contributed by atoms with van der Waals surface area (Å²) in [6.45, 7) is 3.02. The molecule has 0 aliphatic rings. The van der Waals surface area contributed by atoms with Crippen molar-refractivity contribution >= 4 is 53.8 Å². The molecule has 0 saturated carbocycles. The van der Waals surface area contributed by atoms with E-state index in [2.05, 4.69) is 54.4 Å². The summed E-state index contributed by atoms with van der Waals surface area (Å²) < 4.78 is 2.23. The number of aromatic hydroxyl groups is 1. The van der Waals surface area contributed by atoms with Gasteiger partial charge >= 0.3 is 5.97 Å². The summed E-state index contributed by atoms with van der Waals surface area (Å²) in [5.41, 5.74) is 0.870. The fourth-order valence-electron chi connectivity index (χ4n) is 0.944. The number of hydrogen-bond donors (Lipinski definition) is 3. The van der Waals surface area contributed by atoms with Gasteiger partial charge in [0, 0.05) is 21.6 Å². The molecule has 0 atom stereocenters. The lowest BCUT2D eigenvalue weighted by atomic mass is 10.1. The van der Waals surface area contributed by atoms with Crippen LogP contribution in [-0.4, -0.2) is 27.9 Å². The molecule has 1 aromatic rings. The van der Waals surface area contributed by atoms with Gasteiger partial charge in [-0.25, -0.2) is 4.79 Å². The van der Waals surface area contributed by atoms with E-state index in [1.165, 1.54) is 0 Å². The molecule has 1 aromatic carbocycles. The van der Waals surface area contributed by atoms with Crippen molar-refractivity contribution in [2.75, 3.05) is 6.61 Å². The summed E-state index contributed by atoms with van der Waals surface area (Å²) in [5.74, 6) is -0.816. The first-order valence-electron chi connectivity index (χ1n) is 4.66. The topological polar surface area (TPSA) is 77.8 Å². The third-order valence-corrected chi connectivity index (χ3v) is 5.32. The molecule has 0 spiro atoms. The Balaban J connectivity index is 0.000000494. The lowest BCUT2D eigenvalue weighted by molar-refractivity contribution is -0.131. The lowest BCUT2D eigenvalue weighted by Crippen LogP contribution is -1.93. The molecule has 0 aliphatic carbocycles. The molecule has 4 nitrogen and oxygen atoms in total. The Morgan fingerprint density at radius 3 is 2.17 bits per heavy atom. The van der Waals surface area contributed by atoms with E-state index in [0.717, 1.165) is 20.6 Å². The van der Waals surface area contributed by atoms with Crippen molar-refractivity contribution in [3.05, 3.63) is 37.7 Å². The van der Waals surface area contributed by atoms with Crippen LogP contribution in [0.4, 0.5) is 0 Å². The quantitative estimate of drug-likeness (QED) is 0.491. The molecule has 3 N–H and O–H groups in total. The van der Waals surface area contributed by atoms with Crippen molar-refractivity contribution in [2.24, 2.45) is 0 Å². The van der Waals surface area contributed by atoms with Crippen molar-refractivity contribution in [3.63, 3.8) is 0 Å². The van der Waals surface area contributed by atoms with E-state index in [1.54, 1.807) is 6.07 Å². The van der Waals surface area contributed by atoms with Gasteiger partial charge in [0.1, 0.15) is 5.75 Å². The number of carboxylic acids is 1. The maximum atomic E-state index is 9.45. The fraction of sp³-hybridized carbons (Fsp3) is 0.182. The molecule has 0 aromatic heterocycles. The largest absolute Gasteiger partial charge is 0.507 e. The first-order valence-corrected chi connectivity index (χ1v) is 7.04. The molecule has 0 bridgehead atoms. The maximum absolute atomic E-state index is 9.45. The SMILES string of the molecule is C=CC(=O)O.OCCc1cc(O)c(Br)c(Br)c1Br. The number of rotatable bonds is 3. The third kappa shape index (κ3) is 5.51. The van der Waals surface area contributed by atoms with Gasteiger partial charge in [-0.3, -0.25) is 0 Å². The Hall–Kier alpha value is -0.370. The summed E-state index contributed by atoms with van der Waals surface area (Å²) >= 11 is 9.91. The molecule has 7 heteroatoms. The van der Waals surface area contributed by atoms with Crippen LogP contribution in [0.2, 0.25) is 0 Å². The number of aliphatic carboxylic acids is 1. The van der Waals surface area contributed by atoms with Crippen LogP contribution < -0.4 is 0 Å². The highest BCUT2D eigenvalue weighted by molar-refractivity contribution is 9.14. The number of phenolic OH excluding ortho intramolecular Hbond substituents is 1. The molecule has 0 saturated heterocycles. The van der Waals surface area contributed by atoms with Gasteiger partial charge in [-0.15, -0.1) is 0 Å². The summed E-state index contributed by atoms with van der Waals surface area (Å²) in [6, 6.07) is 1.62. The van der Waals surface area contributed by atoms with E-state index in [4.69, 9.17) is 10.2 Å². The van der Waals surface area contributed by atoms with Crippen molar-refractivity contribution in [1.29, 1.82) is 0 Å². The molecule has 0 radical (unpaired) electrons. The number of hydrogen-bond acceptors (Lipinski definition) is 3. The number of carboxylic acid groups (broad SMARTS) is 1. The fourth-order valence-corrected chi connectivity index (χ4v) is 2.49. The number of halogens is 3. The zero-order chi connectivity index (χ0) is 14.3. The van der Waals surface area contributed by atoms with E-state index < -0.39 is 5.97 Å². The monoisotopic (exact) mass is 444 g/mol. The normalized spacial score (nSPS) is 9.33. The number of carbonyl (C=O) groups is 1. The number of benzene rings is 1. The van der Waals surface area contributed by atoms with E-state index in [0.29, 0.717) is 10.9 Å². The van der Waals surface area contributed by atoms with Crippen molar-refractivity contribution < 1.29 is 20.1 Å². The predicted octanol–water partition coefficient (Wildman–Crippen LogP) is 3.47. The molecule has 0 amide bonds. The molecule has 1 rings (SSSR count). The lowest BCUT2D eigenvalue weighted by Gasteiger charge is -2.08. The first-order chi connectivity index (χ1) is 8.34. The van der Waals surface area contributed by atoms with Crippen LogP contribution in [0.3, 0.4) is 0 Å². The van der Waals surface area contributed by atoms with Crippen LogP contribution in [0.1, 0.15) is 5.56 Å². The van der Waals surface area contributed by atoms with Crippen molar-refractivity contribution in [2.45, 2.75) is 6.42 Å². The minimum atomic E-state index is -0.981. The number of aliphatic hydroxyl groups is 1. The van der Waals surface area contributed by atoms with Gasteiger partial charge in [-0.05, 0) is 65.8 Å². The smallest absolute Gasteiger partial charge is 0.327 e. The van der Waals surface area contributed by atoms with Crippen molar-refractivity contribution in [1.82, 2.24) is 0 Å². The van der Waals surface area contributed by atoms with Gasteiger partial charge in [0.05, 0.1) is 4.47 Å². The van der Waals surface area contributed by atoms with Crippen LogP contribution >= 0.6 is 47.8 Å². The Labute approximate surface area is 130 Å². The highest BCUT2D eigenvalue weighted by Crippen LogP contribution is 2.39. The van der Waals surface area contributed by atoms with Crippen LogP contribution in [-0.2, 0) is 11.2 Å². The van der Waals surface area contributed by atoms with E-state index in [9.17, 15) is 9.90 Å². The Morgan fingerprint density at radius 2 is 1.78 bits per heavy atom. The second kappa shape index (κ2) is 8.68. The highest BCUT2D eigenvalue weighted by atomic mass is 79.9. The minimum Gasteiger partial charge on any atom is -0.507 e. The van der Waals surface area contributed by atoms with Crippen LogP contribution in [0.15, 0.2) is 32.1 Å². The molecule has 0 unspecified atom stereocenters. The van der Waals surface area contributed by atoms with Crippen LogP contribution in [0.25, 0.3) is 0 Å². The van der Waals surface area contributed by atoms with Gasteiger partial charge in [0.2, 0.25) is 0 Å². The molecule has 18 heavy (non-hydrogen) atoms. The zero-order valence-electron chi connectivity index (χ0n) is 9.16. The van der Waals surface area contributed by atoms with Gasteiger partial charge < -0.3 is 15.3 Å². The molecule has 100 valence electrons. The van der Waals surface area contributed by atoms with E-state index >= 15 is 0 Å². The summed E-state index contributed by atoms with van der Waals surface area (Å²) in [4.78, 5) is 9.25. The van der Waals surface area contributed by atoms with E-state index in [-0.39, 0.29) is 12.4 Å². The number of phenols is 1. The number of aliphatic hydroxyl groups excluding tert-OH is 1. The van der Waals surface area contributed by atoms with Gasteiger partial charge in [-0.2, -0.15) is 0 Å². The zero-order valence-corrected chi connectivity index (χ0v) is 13.9. The average Bonchev–Trinajstić information content (AvgIpc) is 2.34. The second-order valence-electron chi connectivity index (χ2n) is 3.01. The standard InChI is InChI=1S/C8H7Br3O2.C3H4O2/c9-6-4(1-2-12)3-5(13)7(10)8(6)11;1-2-3(4)5/h3,12-13H,1-2H2;2H,1H2,(H,4,5). The summed E-state index contributed by atoms with van der Waals surface area (Å²) in [7, 11) is 0. The van der Waals surface area contributed by atoms with Crippen LogP contribution in [0, 0.1) is 0 Å². The predicted molar refractivity (Wildman–Crippen MR) is 79.8 cm³/mol. The van der Waals surface area contributed by atoms with Gasteiger partial charge in [0.15, 0.2) is 0 Å².